The molecule has 0 saturated carbocycles. The van der Waals surface area contributed by atoms with Crippen molar-refractivity contribution in [1.82, 2.24) is 5.32 Å². The van der Waals surface area contributed by atoms with Gasteiger partial charge in [0.05, 0.1) is 25.4 Å². The molecule has 3 N–H and O–H groups in total. The molecule has 0 saturated heterocycles. The summed E-state index contributed by atoms with van der Waals surface area (Å²) in [5.41, 5.74) is 0. The van der Waals surface area contributed by atoms with Crippen LogP contribution in [0.4, 0.5) is 0 Å². The average Bonchev–Trinajstić information content (AvgIpc) is 3.47. The largest absolute Gasteiger partial charge is 0.466 e. The van der Waals surface area contributed by atoms with E-state index < -0.39 is 12.1 Å². The van der Waals surface area contributed by atoms with E-state index in [1.807, 2.05) is 6.08 Å². The zero-order valence-corrected chi connectivity index (χ0v) is 55.0. The molecule has 0 rings (SSSR count). The van der Waals surface area contributed by atoms with E-state index in [-0.39, 0.29) is 18.5 Å². The Kier molecular flexibility index (Phi) is 69.4. The highest BCUT2D eigenvalue weighted by Crippen LogP contribution is 2.19. The van der Waals surface area contributed by atoms with Crippen LogP contribution < -0.4 is 5.32 Å². The summed E-state index contributed by atoms with van der Waals surface area (Å²) in [6.45, 7) is 4.94. The quantitative estimate of drug-likeness (QED) is 0.0320. The third kappa shape index (κ3) is 67.3. The summed E-state index contributed by atoms with van der Waals surface area (Å²) in [6.07, 6.45) is 90.0. The first-order valence-electron chi connectivity index (χ1n) is 37.1. The summed E-state index contributed by atoms with van der Waals surface area (Å²) in [5, 5.41) is 23.3. The highest BCUT2D eigenvalue weighted by atomic mass is 16.5. The fourth-order valence-corrected chi connectivity index (χ4v) is 11.8. The SMILES string of the molecule is CCCCCCCCCCCCCCCCCCCC/C=C/C(O)C(CO)NC(=O)CCCCCCCCCCCCCCCCCCC/C=C\CCCCCCCCCCCCCCOC(=O)CCCCCCCCCCCCC. The van der Waals surface area contributed by atoms with Gasteiger partial charge in [-0.3, -0.25) is 9.59 Å². The molecule has 480 valence electrons. The van der Waals surface area contributed by atoms with Gasteiger partial charge in [0.25, 0.3) is 0 Å². The van der Waals surface area contributed by atoms with Gasteiger partial charge >= 0.3 is 5.97 Å². The van der Waals surface area contributed by atoms with E-state index in [0.29, 0.717) is 19.4 Å². The van der Waals surface area contributed by atoms with Crippen LogP contribution in [0.5, 0.6) is 0 Å². The lowest BCUT2D eigenvalue weighted by Gasteiger charge is -2.20. The first-order valence-corrected chi connectivity index (χ1v) is 37.1. The molecular weight excluding hydrogens is 995 g/mol. The van der Waals surface area contributed by atoms with Crippen molar-refractivity contribution in [2.45, 2.75) is 431 Å². The van der Waals surface area contributed by atoms with Gasteiger partial charge in [-0.1, -0.05) is 372 Å². The van der Waals surface area contributed by atoms with Crippen molar-refractivity contribution < 1.29 is 24.5 Å². The molecule has 6 heteroatoms. The number of hydrogen-bond donors (Lipinski definition) is 3. The lowest BCUT2D eigenvalue weighted by molar-refractivity contribution is -0.143. The van der Waals surface area contributed by atoms with Crippen molar-refractivity contribution in [3.63, 3.8) is 0 Å². The summed E-state index contributed by atoms with van der Waals surface area (Å²) in [5.74, 6) is -0.0418. The van der Waals surface area contributed by atoms with Crippen LogP contribution in [-0.2, 0) is 14.3 Å². The Balaban J connectivity index is 3.37. The highest BCUT2D eigenvalue weighted by Gasteiger charge is 2.18. The van der Waals surface area contributed by atoms with Crippen molar-refractivity contribution in [3.05, 3.63) is 24.3 Å². The van der Waals surface area contributed by atoms with Crippen LogP contribution in [0, 0.1) is 0 Å². The van der Waals surface area contributed by atoms with E-state index >= 15 is 0 Å². The number of aliphatic hydroxyl groups is 2. The van der Waals surface area contributed by atoms with Crippen LogP contribution >= 0.6 is 0 Å². The second kappa shape index (κ2) is 70.8. The molecule has 0 aliphatic carbocycles. The van der Waals surface area contributed by atoms with Gasteiger partial charge in [-0.05, 0) is 57.8 Å². The van der Waals surface area contributed by atoms with E-state index in [1.54, 1.807) is 6.08 Å². The number of amides is 1. The molecule has 0 fully saturated rings. The number of hydrogen-bond acceptors (Lipinski definition) is 5. The van der Waals surface area contributed by atoms with E-state index in [0.717, 1.165) is 38.5 Å². The Morgan fingerprint density at radius 3 is 0.877 bits per heavy atom. The third-order valence-electron chi connectivity index (χ3n) is 17.5. The topological polar surface area (TPSA) is 95.9 Å². The molecule has 0 aliphatic rings. The normalized spacial score (nSPS) is 12.6. The van der Waals surface area contributed by atoms with Crippen LogP contribution in [0.1, 0.15) is 418 Å². The Hall–Kier alpha value is -1.66. The second-order valence-corrected chi connectivity index (χ2v) is 25.6. The molecule has 0 spiro atoms. The third-order valence-corrected chi connectivity index (χ3v) is 17.5. The molecule has 0 aromatic heterocycles. The summed E-state index contributed by atoms with van der Waals surface area (Å²) in [7, 11) is 0. The maximum Gasteiger partial charge on any atom is 0.305 e. The fraction of sp³-hybridized carbons (Fsp3) is 0.920. The van der Waals surface area contributed by atoms with Crippen molar-refractivity contribution in [1.29, 1.82) is 0 Å². The van der Waals surface area contributed by atoms with Gasteiger partial charge in [-0.2, -0.15) is 0 Å². The minimum Gasteiger partial charge on any atom is -0.466 e. The predicted octanol–water partition coefficient (Wildman–Crippen LogP) is 24.1. The fourth-order valence-electron chi connectivity index (χ4n) is 11.8. The van der Waals surface area contributed by atoms with Gasteiger partial charge in [-0.25, -0.2) is 0 Å². The second-order valence-electron chi connectivity index (χ2n) is 25.6. The van der Waals surface area contributed by atoms with Gasteiger partial charge < -0.3 is 20.3 Å². The van der Waals surface area contributed by atoms with Crippen molar-refractivity contribution >= 4 is 11.9 Å². The number of aliphatic hydroxyl groups excluding tert-OH is 2. The van der Waals surface area contributed by atoms with Gasteiger partial charge in [-0.15, -0.1) is 0 Å². The molecule has 81 heavy (non-hydrogen) atoms. The predicted molar refractivity (Wildman–Crippen MR) is 356 cm³/mol. The maximum absolute atomic E-state index is 12.5. The van der Waals surface area contributed by atoms with Gasteiger partial charge in [0.1, 0.15) is 0 Å². The van der Waals surface area contributed by atoms with Crippen LogP contribution in [0.2, 0.25) is 0 Å². The first-order chi connectivity index (χ1) is 40.0. The molecule has 0 aliphatic heterocycles. The molecule has 0 heterocycles. The number of esters is 1. The monoisotopic (exact) mass is 1140 g/mol. The first kappa shape index (κ1) is 79.3. The molecule has 1 amide bonds. The molecule has 0 aromatic rings. The minimum absolute atomic E-state index is 0.0188. The van der Waals surface area contributed by atoms with Crippen LogP contribution in [0.25, 0.3) is 0 Å². The number of allylic oxidation sites excluding steroid dienone is 3. The van der Waals surface area contributed by atoms with Gasteiger partial charge in [0.15, 0.2) is 0 Å². The number of ether oxygens (including phenoxy) is 1. The number of unbranched alkanes of at least 4 members (excludes halogenated alkanes) is 57. The summed E-state index contributed by atoms with van der Waals surface area (Å²) >= 11 is 0. The molecular formula is C75H145NO5. The van der Waals surface area contributed by atoms with Crippen LogP contribution in [0.3, 0.4) is 0 Å². The summed E-state index contributed by atoms with van der Waals surface area (Å²) in [6, 6.07) is -0.626. The number of nitrogens with one attached hydrogen (secondary N) is 1. The van der Waals surface area contributed by atoms with Crippen molar-refractivity contribution in [2.24, 2.45) is 0 Å². The van der Waals surface area contributed by atoms with Crippen LogP contribution in [0.15, 0.2) is 24.3 Å². The Labute approximate surface area is 507 Å². The van der Waals surface area contributed by atoms with E-state index in [1.165, 1.54) is 353 Å². The maximum atomic E-state index is 12.5. The number of rotatable bonds is 70. The van der Waals surface area contributed by atoms with E-state index in [2.05, 4.69) is 31.3 Å². The van der Waals surface area contributed by atoms with Gasteiger partial charge in [0.2, 0.25) is 5.91 Å². The van der Waals surface area contributed by atoms with Crippen LogP contribution in [-0.4, -0.2) is 47.4 Å². The minimum atomic E-state index is -0.843. The van der Waals surface area contributed by atoms with Crippen molar-refractivity contribution in [2.75, 3.05) is 13.2 Å². The van der Waals surface area contributed by atoms with E-state index in [9.17, 15) is 19.8 Å². The molecule has 0 aromatic carbocycles. The lowest BCUT2D eigenvalue weighted by atomic mass is 10.0. The van der Waals surface area contributed by atoms with Gasteiger partial charge in [0, 0.05) is 12.8 Å². The average molecular weight is 1140 g/mol. The molecule has 0 bridgehead atoms. The zero-order chi connectivity index (χ0) is 58.5. The highest BCUT2D eigenvalue weighted by molar-refractivity contribution is 5.76. The smallest absolute Gasteiger partial charge is 0.305 e. The molecule has 2 unspecified atom stereocenters. The lowest BCUT2D eigenvalue weighted by Crippen LogP contribution is -2.45. The summed E-state index contributed by atoms with van der Waals surface area (Å²) in [4.78, 5) is 24.5. The molecule has 2 atom stereocenters. The van der Waals surface area contributed by atoms with E-state index in [4.69, 9.17) is 4.74 Å². The Morgan fingerprint density at radius 2 is 0.580 bits per heavy atom. The standard InChI is InChI=1S/C75H145NO5/c1-3-5-7-9-11-13-15-16-17-18-19-35-38-41-44-48-51-55-59-63-67-73(78)72(71-77)76-74(79)68-64-60-56-52-49-45-42-39-36-33-31-29-27-25-23-21-20-22-24-26-28-30-32-34-37-40-43-46-50-54-58-62-66-70-81-75(80)69-65-61-57-53-47-14-12-10-8-6-4-2/h24,26,63,67,72-73,77-78H,3-23,25,27-62,64-66,68-71H2,1-2H3,(H,76,79)/b26-24-,67-63+. The molecule has 6 nitrogen and oxygen atoms in total. The van der Waals surface area contributed by atoms with Crippen molar-refractivity contribution in [3.8, 4) is 0 Å². The number of carbonyl (C=O) groups excluding carboxylic acids is 2. The number of carbonyl (C=O) groups is 2. The Morgan fingerprint density at radius 1 is 0.333 bits per heavy atom. The Bertz CT molecular complexity index is 1270. The summed E-state index contributed by atoms with van der Waals surface area (Å²) < 4.78 is 5.48. The molecule has 0 radical (unpaired) electrons. The zero-order valence-electron chi connectivity index (χ0n) is 55.0.